The van der Waals surface area contributed by atoms with E-state index in [9.17, 15) is 19.7 Å². The largest absolute Gasteiger partial charge is 0.481 e. The number of carboxylic acids is 1. The van der Waals surface area contributed by atoms with Gasteiger partial charge < -0.3 is 10.4 Å². The molecule has 9 heteroatoms. The Morgan fingerprint density at radius 3 is 2.79 bits per heavy atom. The lowest BCUT2D eigenvalue weighted by molar-refractivity contribution is -0.384. The number of nitrogens with one attached hydrogen (secondary N) is 1. The van der Waals surface area contributed by atoms with Gasteiger partial charge >= 0.3 is 5.97 Å². The summed E-state index contributed by atoms with van der Waals surface area (Å²) >= 11 is 1.22. The maximum Gasteiger partial charge on any atom is 0.306 e. The van der Waals surface area contributed by atoms with Crippen LogP contribution in [0, 0.1) is 16.0 Å². The lowest BCUT2D eigenvalue weighted by atomic mass is 9.80. The predicted octanol–water partition coefficient (Wildman–Crippen LogP) is 2.31. The summed E-state index contributed by atoms with van der Waals surface area (Å²) in [6, 6.07) is 5.90. The lowest BCUT2D eigenvalue weighted by Gasteiger charge is -2.32. The molecule has 124 valence electrons. The van der Waals surface area contributed by atoms with Gasteiger partial charge in [-0.1, -0.05) is 12.1 Å². The van der Waals surface area contributed by atoms with E-state index >= 15 is 0 Å². The minimum absolute atomic E-state index is 0.0390. The molecule has 1 saturated carbocycles. The molecule has 0 unspecified atom stereocenters. The molecule has 1 amide bonds. The quantitative estimate of drug-likeness (QED) is 0.632. The van der Waals surface area contributed by atoms with Crippen molar-refractivity contribution in [1.29, 1.82) is 0 Å². The number of carbonyl (C=O) groups excluding carboxylic acids is 1. The summed E-state index contributed by atoms with van der Waals surface area (Å²) in [6.07, 6.45) is 0.839. The fraction of sp³-hybridized carbons (Fsp3) is 0.267. The number of hydrogen-bond acceptors (Lipinski definition) is 6. The van der Waals surface area contributed by atoms with Crippen LogP contribution in [0.25, 0.3) is 10.6 Å². The Labute approximate surface area is 140 Å². The van der Waals surface area contributed by atoms with Crippen LogP contribution in [-0.2, 0) is 4.79 Å². The number of aromatic nitrogens is 1. The first kappa shape index (κ1) is 16.1. The van der Waals surface area contributed by atoms with Crippen LogP contribution in [0.5, 0.6) is 0 Å². The van der Waals surface area contributed by atoms with Gasteiger partial charge in [0.25, 0.3) is 11.6 Å². The number of non-ortho nitro benzene ring substituents is 1. The molecule has 0 atom stereocenters. The summed E-state index contributed by atoms with van der Waals surface area (Å²) in [4.78, 5) is 37.4. The van der Waals surface area contributed by atoms with Crippen LogP contribution < -0.4 is 5.32 Å². The van der Waals surface area contributed by atoms with Crippen LogP contribution in [-0.4, -0.2) is 32.9 Å². The van der Waals surface area contributed by atoms with Crippen molar-refractivity contribution in [3.8, 4) is 10.6 Å². The smallest absolute Gasteiger partial charge is 0.306 e. The second kappa shape index (κ2) is 6.36. The number of nitro benzene ring substituents is 1. The van der Waals surface area contributed by atoms with E-state index < -0.39 is 16.8 Å². The first-order chi connectivity index (χ1) is 11.4. The number of amides is 1. The first-order valence-corrected chi connectivity index (χ1v) is 8.06. The van der Waals surface area contributed by atoms with E-state index in [1.165, 1.54) is 23.5 Å². The standard InChI is InChI=1S/C15H13N3O5S/c19-13(16-10-4-9(5-10)15(20)21)12-7-24-14(17-12)8-2-1-3-11(6-8)18(22)23/h1-3,6-7,9-10H,4-5H2,(H,16,19)(H,20,21). The maximum absolute atomic E-state index is 12.1. The molecule has 1 aliphatic carbocycles. The van der Waals surface area contributed by atoms with Crippen molar-refractivity contribution >= 4 is 28.9 Å². The van der Waals surface area contributed by atoms with E-state index in [4.69, 9.17) is 5.11 Å². The van der Waals surface area contributed by atoms with Gasteiger partial charge in [0.1, 0.15) is 10.7 Å². The topological polar surface area (TPSA) is 122 Å². The van der Waals surface area contributed by atoms with Crippen molar-refractivity contribution in [2.45, 2.75) is 18.9 Å². The zero-order valence-electron chi connectivity index (χ0n) is 12.3. The second-order valence-corrected chi connectivity index (χ2v) is 6.38. The normalized spacial score (nSPS) is 19.3. The Balaban J connectivity index is 1.67. The number of benzene rings is 1. The minimum Gasteiger partial charge on any atom is -0.481 e. The van der Waals surface area contributed by atoms with Gasteiger partial charge in [-0.25, -0.2) is 4.98 Å². The molecule has 24 heavy (non-hydrogen) atoms. The molecule has 1 heterocycles. The molecule has 0 spiro atoms. The third-order valence-electron chi connectivity index (χ3n) is 3.86. The Hall–Kier alpha value is -2.81. The molecule has 3 rings (SSSR count). The van der Waals surface area contributed by atoms with Gasteiger partial charge in [0.2, 0.25) is 0 Å². The number of carbonyl (C=O) groups is 2. The highest BCUT2D eigenvalue weighted by molar-refractivity contribution is 7.13. The fourth-order valence-corrected chi connectivity index (χ4v) is 3.26. The summed E-state index contributed by atoms with van der Waals surface area (Å²) < 4.78 is 0. The zero-order valence-corrected chi connectivity index (χ0v) is 13.2. The molecule has 1 aromatic carbocycles. The number of carboxylic acid groups (broad SMARTS) is 1. The molecule has 0 saturated heterocycles. The average Bonchev–Trinajstić information content (AvgIpc) is 3.00. The van der Waals surface area contributed by atoms with Gasteiger partial charge in [-0.2, -0.15) is 0 Å². The molecular weight excluding hydrogens is 334 g/mol. The van der Waals surface area contributed by atoms with Gasteiger partial charge in [0, 0.05) is 29.1 Å². The summed E-state index contributed by atoms with van der Waals surface area (Å²) in [7, 11) is 0. The van der Waals surface area contributed by atoms with Crippen molar-refractivity contribution in [1.82, 2.24) is 10.3 Å². The van der Waals surface area contributed by atoms with Crippen LogP contribution in [0.3, 0.4) is 0 Å². The Morgan fingerprint density at radius 1 is 1.38 bits per heavy atom. The third kappa shape index (κ3) is 3.25. The number of thiazole rings is 1. The Morgan fingerprint density at radius 2 is 2.12 bits per heavy atom. The van der Waals surface area contributed by atoms with Crippen molar-refractivity contribution in [3.05, 3.63) is 45.5 Å². The van der Waals surface area contributed by atoms with Gasteiger partial charge in [-0.3, -0.25) is 19.7 Å². The Bertz CT molecular complexity index is 813. The molecule has 2 aromatic rings. The molecule has 1 aliphatic rings. The van der Waals surface area contributed by atoms with Gasteiger partial charge in [-0.05, 0) is 12.8 Å². The van der Waals surface area contributed by atoms with E-state index in [0.29, 0.717) is 23.4 Å². The Kier molecular flexibility index (Phi) is 4.26. The molecule has 1 fully saturated rings. The zero-order chi connectivity index (χ0) is 17.3. The van der Waals surface area contributed by atoms with Crippen LogP contribution in [0.15, 0.2) is 29.6 Å². The predicted molar refractivity (Wildman–Crippen MR) is 85.8 cm³/mol. The molecule has 0 bridgehead atoms. The van der Waals surface area contributed by atoms with Gasteiger partial charge in [0.05, 0.1) is 10.8 Å². The van der Waals surface area contributed by atoms with E-state index in [2.05, 4.69) is 10.3 Å². The van der Waals surface area contributed by atoms with E-state index in [-0.39, 0.29) is 23.3 Å². The van der Waals surface area contributed by atoms with Crippen molar-refractivity contribution < 1.29 is 19.6 Å². The monoisotopic (exact) mass is 347 g/mol. The number of rotatable bonds is 5. The highest BCUT2D eigenvalue weighted by Crippen LogP contribution is 2.29. The van der Waals surface area contributed by atoms with E-state index in [1.54, 1.807) is 17.5 Å². The summed E-state index contributed by atoms with van der Waals surface area (Å²) in [6.45, 7) is 0. The molecule has 0 radical (unpaired) electrons. The fourth-order valence-electron chi connectivity index (χ4n) is 2.46. The number of hydrogen-bond donors (Lipinski definition) is 2. The van der Waals surface area contributed by atoms with Gasteiger partial charge in [-0.15, -0.1) is 11.3 Å². The average molecular weight is 347 g/mol. The van der Waals surface area contributed by atoms with Crippen LogP contribution in [0.2, 0.25) is 0 Å². The van der Waals surface area contributed by atoms with Gasteiger partial charge in [0.15, 0.2) is 0 Å². The third-order valence-corrected chi connectivity index (χ3v) is 4.75. The summed E-state index contributed by atoms with van der Waals surface area (Å²) in [5.41, 5.74) is 0.756. The highest BCUT2D eigenvalue weighted by Gasteiger charge is 2.35. The number of nitrogens with zero attached hydrogens (tertiary/aromatic N) is 2. The molecule has 8 nitrogen and oxygen atoms in total. The molecule has 2 N–H and O–H groups in total. The molecule has 0 aliphatic heterocycles. The van der Waals surface area contributed by atoms with Crippen LogP contribution in [0.1, 0.15) is 23.3 Å². The van der Waals surface area contributed by atoms with E-state index in [1.807, 2.05) is 0 Å². The summed E-state index contributed by atoms with van der Waals surface area (Å²) in [5, 5.41) is 24.5. The number of nitro groups is 1. The minimum atomic E-state index is -0.845. The number of aliphatic carboxylic acids is 1. The SMILES string of the molecule is O=C(NC1CC(C(=O)O)C1)c1csc(-c2cccc([N+](=O)[O-])c2)n1. The summed E-state index contributed by atoms with van der Waals surface area (Å²) in [5.74, 6) is -1.61. The van der Waals surface area contributed by atoms with Crippen molar-refractivity contribution in [2.24, 2.45) is 5.92 Å². The first-order valence-electron chi connectivity index (χ1n) is 7.18. The lowest BCUT2D eigenvalue weighted by Crippen LogP contribution is -2.46. The van der Waals surface area contributed by atoms with E-state index in [0.717, 1.165) is 0 Å². The maximum atomic E-state index is 12.1. The second-order valence-electron chi connectivity index (χ2n) is 5.52. The van der Waals surface area contributed by atoms with Crippen LogP contribution in [0.4, 0.5) is 5.69 Å². The van der Waals surface area contributed by atoms with Crippen molar-refractivity contribution in [2.75, 3.05) is 0 Å². The van der Waals surface area contributed by atoms with Crippen LogP contribution >= 0.6 is 11.3 Å². The molecule has 1 aromatic heterocycles. The molecular formula is C15H13N3O5S. The highest BCUT2D eigenvalue weighted by atomic mass is 32.1. The van der Waals surface area contributed by atoms with Crippen molar-refractivity contribution in [3.63, 3.8) is 0 Å².